The van der Waals surface area contributed by atoms with Gasteiger partial charge in [0.1, 0.15) is 23.9 Å². The summed E-state index contributed by atoms with van der Waals surface area (Å²) in [6, 6.07) is 29.3. The molecule has 4 aromatic carbocycles. The highest BCUT2D eigenvalue weighted by atomic mass is 16.5. The Balaban J connectivity index is 1.18. The fraction of sp³-hybridized carbons (Fsp3) is 0.206. The minimum Gasteiger partial charge on any atom is -0.489 e. The third-order valence-electron chi connectivity index (χ3n) is 6.47. The molecular weight excluding hydrogens is 518 g/mol. The van der Waals surface area contributed by atoms with Crippen LogP contribution in [0.1, 0.15) is 46.8 Å². The van der Waals surface area contributed by atoms with E-state index < -0.39 is 12.1 Å². The van der Waals surface area contributed by atoms with Crippen molar-refractivity contribution in [3.63, 3.8) is 0 Å². The number of esters is 1. The largest absolute Gasteiger partial charge is 0.489 e. The van der Waals surface area contributed by atoms with Crippen LogP contribution in [0.15, 0.2) is 97.1 Å². The molecule has 1 unspecified atom stereocenters. The molecule has 0 saturated heterocycles. The van der Waals surface area contributed by atoms with Gasteiger partial charge in [-0.15, -0.1) is 0 Å². The zero-order valence-corrected chi connectivity index (χ0v) is 23.4. The number of carbonyl (C=O) groups is 3. The van der Waals surface area contributed by atoms with Gasteiger partial charge in [-0.25, -0.2) is 0 Å². The van der Waals surface area contributed by atoms with Crippen LogP contribution in [0.25, 0.3) is 0 Å². The average Bonchev–Trinajstić information content (AvgIpc) is 2.98. The Hall–Kier alpha value is -4.91. The van der Waals surface area contributed by atoms with Gasteiger partial charge in [-0.05, 0) is 98.1 Å². The average molecular weight is 552 g/mol. The lowest BCUT2D eigenvalue weighted by molar-refractivity contribution is -0.147. The van der Waals surface area contributed by atoms with Crippen LogP contribution in [0.5, 0.6) is 17.2 Å². The molecule has 0 radical (unpaired) electrons. The van der Waals surface area contributed by atoms with Gasteiger partial charge >= 0.3 is 5.97 Å². The quantitative estimate of drug-likeness (QED) is 0.148. The number of ketones is 1. The number of Topliss-reactive ketones (excluding diaryl/α,β-unsaturated/α-hetero) is 1. The van der Waals surface area contributed by atoms with E-state index in [2.05, 4.69) is 5.32 Å². The Kier molecular flexibility index (Phi) is 9.89. The summed E-state index contributed by atoms with van der Waals surface area (Å²) in [6.07, 6.45) is -1.20. The van der Waals surface area contributed by atoms with Gasteiger partial charge in [0, 0.05) is 17.7 Å². The molecule has 1 amide bonds. The molecule has 1 N–H and O–H groups in total. The lowest BCUT2D eigenvalue weighted by Crippen LogP contribution is -2.25. The number of carbonyl (C=O) groups excluding carboxylic acids is 3. The first-order chi connectivity index (χ1) is 19.8. The molecule has 7 heteroatoms. The number of ether oxygens (including phenoxy) is 3. The summed E-state index contributed by atoms with van der Waals surface area (Å²) in [7, 11) is 0. The third-order valence-corrected chi connectivity index (χ3v) is 6.47. The number of aryl methyl sites for hydroxylation is 2. The molecule has 0 aromatic heterocycles. The standard InChI is InChI=1S/C34H33NO6/c1-23-9-14-31(21-24(23)2)41-30-17-12-28(13-18-30)35-32(36)19-20-33(37)40-25(3)34(38)27-10-15-29(16-11-27)39-22-26-7-5-4-6-8-26/h4-18,21,25H,19-20,22H2,1-3H3,(H,35,36). The normalized spacial score (nSPS) is 11.3. The van der Waals surface area contributed by atoms with E-state index in [0.717, 1.165) is 16.9 Å². The molecule has 0 heterocycles. The number of hydrogen-bond donors (Lipinski definition) is 1. The van der Waals surface area contributed by atoms with Crippen molar-refractivity contribution in [3.8, 4) is 17.2 Å². The lowest BCUT2D eigenvalue weighted by Gasteiger charge is -2.13. The van der Waals surface area contributed by atoms with Crippen molar-refractivity contribution < 1.29 is 28.6 Å². The minimum absolute atomic E-state index is 0.0753. The number of nitrogens with one attached hydrogen (secondary N) is 1. The highest BCUT2D eigenvalue weighted by Crippen LogP contribution is 2.25. The second-order valence-electron chi connectivity index (χ2n) is 9.72. The smallest absolute Gasteiger partial charge is 0.307 e. The summed E-state index contributed by atoms with van der Waals surface area (Å²) in [5, 5.41) is 2.75. The van der Waals surface area contributed by atoms with Crippen LogP contribution in [-0.2, 0) is 20.9 Å². The van der Waals surface area contributed by atoms with Gasteiger partial charge in [-0.3, -0.25) is 14.4 Å². The molecule has 1 atom stereocenters. The summed E-state index contributed by atoms with van der Waals surface area (Å²) in [5.41, 5.74) is 4.35. The molecule has 0 aliphatic heterocycles. The first-order valence-electron chi connectivity index (χ1n) is 13.4. The molecule has 210 valence electrons. The van der Waals surface area contributed by atoms with Gasteiger partial charge < -0.3 is 19.5 Å². The van der Waals surface area contributed by atoms with Crippen LogP contribution >= 0.6 is 0 Å². The van der Waals surface area contributed by atoms with Gasteiger partial charge in [0.05, 0.1) is 6.42 Å². The van der Waals surface area contributed by atoms with Gasteiger partial charge in [0.15, 0.2) is 6.10 Å². The predicted octanol–water partition coefficient (Wildman–Crippen LogP) is 7.21. The van der Waals surface area contributed by atoms with Gasteiger partial charge in [-0.1, -0.05) is 36.4 Å². The summed E-state index contributed by atoms with van der Waals surface area (Å²) in [5.74, 6) is 0.713. The number of hydrogen-bond acceptors (Lipinski definition) is 6. The maximum absolute atomic E-state index is 12.7. The maximum atomic E-state index is 12.7. The summed E-state index contributed by atoms with van der Waals surface area (Å²) in [6.45, 7) is 6.00. The maximum Gasteiger partial charge on any atom is 0.307 e. The number of amides is 1. The van der Waals surface area contributed by atoms with Crippen LogP contribution < -0.4 is 14.8 Å². The van der Waals surface area contributed by atoms with Crippen LogP contribution in [0.2, 0.25) is 0 Å². The summed E-state index contributed by atoms with van der Waals surface area (Å²) >= 11 is 0. The van der Waals surface area contributed by atoms with Crippen molar-refractivity contribution in [1.29, 1.82) is 0 Å². The minimum atomic E-state index is -0.980. The number of anilines is 1. The second-order valence-corrected chi connectivity index (χ2v) is 9.72. The van der Waals surface area contributed by atoms with E-state index in [4.69, 9.17) is 14.2 Å². The van der Waals surface area contributed by atoms with E-state index >= 15 is 0 Å². The van der Waals surface area contributed by atoms with Crippen molar-refractivity contribution in [2.24, 2.45) is 0 Å². The Morgan fingerprint density at radius 2 is 1.39 bits per heavy atom. The van der Waals surface area contributed by atoms with E-state index in [0.29, 0.717) is 29.4 Å². The molecular formula is C34H33NO6. The molecule has 4 rings (SSSR count). The molecule has 0 aliphatic carbocycles. The monoisotopic (exact) mass is 551 g/mol. The molecule has 7 nitrogen and oxygen atoms in total. The zero-order valence-electron chi connectivity index (χ0n) is 23.4. The molecule has 41 heavy (non-hydrogen) atoms. The first-order valence-corrected chi connectivity index (χ1v) is 13.4. The van der Waals surface area contributed by atoms with Crippen molar-refractivity contribution in [2.45, 2.75) is 46.3 Å². The summed E-state index contributed by atoms with van der Waals surface area (Å²) in [4.78, 5) is 37.4. The lowest BCUT2D eigenvalue weighted by atomic mass is 10.1. The second kappa shape index (κ2) is 13.9. The van der Waals surface area contributed by atoms with Gasteiger partial charge in [0.2, 0.25) is 11.7 Å². The van der Waals surface area contributed by atoms with Gasteiger partial charge in [0.25, 0.3) is 0 Å². The van der Waals surface area contributed by atoms with E-state index in [9.17, 15) is 14.4 Å². The first kappa shape index (κ1) is 29.1. The van der Waals surface area contributed by atoms with Crippen molar-refractivity contribution in [3.05, 3.63) is 119 Å². The Labute approximate surface area is 240 Å². The van der Waals surface area contributed by atoms with Crippen LogP contribution in [0.3, 0.4) is 0 Å². The molecule has 0 saturated carbocycles. The molecule has 4 aromatic rings. The van der Waals surface area contributed by atoms with E-state index in [1.54, 1.807) is 48.5 Å². The number of rotatable bonds is 12. The SMILES string of the molecule is Cc1ccc(Oc2ccc(NC(=O)CCC(=O)OC(C)C(=O)c3ccc(OCc4ccccc4)cc3)cc2)cc1C. The van der Waals surface area contributed by atoms with E-state index in [1.807, 2.05) is 62.4 Å². The fourth-order valence-electron chi connectivity index (χ4n) is 3.96. The Bertz CT molecular complexity index is 1480. The third kappa shape index (κ3) is 8.80. The van der Waals surface area contributed by atoms with Crippen LogP contribution in [-0.4, -0.2) is 23.8 Å². The molecule has 0 fully saturated rings. The Morgan fingerprint density at radius 1 is 0.732 bits per heavy atom. The van der Waals surface area contributed by atoms with Crippen LogP contribution in [0, 0.1) is 13.8 Å². The van der Waals surface area contributed by atoms with Crippen molar-refractivity contribution in [2.75, 3.05) is 5.32 Å². The van der Waals surface area contributed by atoms with Crippen molar-refractivity contribution >= 4 is 23.3 Å². The summed E-state index contributed by atoms with van der Waals surface area (Å²) < 4.78 is 16.9. The molecule has 0 bridgehead atoms. The fourth-order valence-corrected chi connectivity index (χ4v) is 3.96. The predicted molar refractivity (Wildman–Crippen MR) is 157 cm³/mol. The van der Waals surface area contributed by atoms with E-state index in [-0.39, 0.29) is 24.5 Å². The highest BCUT2D eigenvalue weighted by molar-refractivity contribution is 6.00. The highest BCUT2D eigenvalue weighted by Gasteiger charge is 2.20. The van der Waals surface area contributed by atoms with Crippen LogP contribution in [0.4, 0.5) is 5.69 Å². The van der Waals surface area contributed by atoms with E-state index in [1.165, 1.54) is 12.5 Å². The topological polar surface area (TPSA) is 90.9 Å². The Morgan fingerprint density at radius 3 is 2.07 bits per heavy atom. The van der Waals surface area contributed by atoms with Crippen molar-refractivity contribution in [1.82, 2.24) is 0 Å². The number of benzene rings is 4. The molecule has 0 spiro atoms. The molecule has 0 aliphatic rings. The zero-order chi connectivity index (χ0) is 29.2. The van der Waals surface area contributed by atoms with Gasteiger partial charge in [-0.2, -0.15) is 0 Å².